The highest BCUT2D eigenvalue weighted by Crippen LogP contribution is 2.26. The fourth-order valence-corrected chi connectivity index (χ4v) is 3.68. The van der Waals surface area contributed by atoms with E-state index in [0.29, 0.717) is 16.7 Å². The van der Waals surface area contributed by atoms with Crippen LogP contribution >= 0.6 is 0 Å². The Hall–Kier alpha value is -4.21. The summed E-state index contributed by atoms with van der Waals surface area (Å²) in [6.45, 7) is 4.04. The largest absolute Gasteiger partial charge is 0.573 e. The van der Waals surface area contributed by atoms with Crippen LogP contribution in [0.5, 0.6) is 5.75 Å². The van der Waals surface area contributed by atoms with E-state index in [4.69, 9.17) is 0 Å². The molecule has 3 aromatic heterocycles. The number of rotatable bonds is 7. The number of ether oxygens (including phenoxy) is 1. The Kier molecular flexibility index (Phi) is 6.54. The second kappa shape index (κ2) is 9.57. The van der Waals surface area contributed by atoms with Gasteiger partial charge in [-0.25, -0.2) is 4.98 Å². The van der Waals surface area contributed by atoms with Crippen LogP contribution in [0.2, 0.25) is 0 Å². The molecule has 0 atom stereocenters. The standard InChI is InChI=1S/C25H21F3N4O3/c1-15(2)32-14-20(19-13-29-9-8-21(19)32)24(34)17-7-10-30-22(12-17)31-23(33)11-16-3-5-18(6-4-16)35-25(26,27)28/h3-10,12-15H,11H2,1-2H3,(H,30,31,33). The number of nitrogens with one attached hydrogen (secondary N) is 1. The number of hydrogen-bond acceptors (Lipinski definition) is 5. The number of benzene rings is 1. The molecule has 4 aromatic rings. The van der Waals surface area contributed by atoms with Gasteiger partial charge in [0.15, 0.2) is 5.78 Å². The van der Waals surface area contributed by atoms with Gasteiger partial charge in [0.2, 0.25) is 5.91 Å². The number of alkyl halides is 3. The van der Waals surface area contributed by atoms with Gasteiger partial charge in [-0.2, -0.15) is 0 Å². The van der Waals surface area contributed by atoms with Crippen molar-refractivity contribution in [2.75, 3.05) is 5.32 Å². The summed E-state index contributed by atoms with van der Waals surface area (Å²) in [6, 6.07) is 10.0. The van der Waals surface area contributed by atoms with Gasteiger partial charge in [0.25, 0.3) is 0 Å². The molecule has 180 valence electrons. The Labute approximate surface area is 198 Å². The number of ketones is 1. The van der Waals surface area contributed by atoms with E-state index in [-0.39, 0.29) is 29.8 Å². The first kappa shape index (κ1) is 23.9. The first-order valence-electron chi connectivity index (χ1n) is 10.7. The van der Waals surface area contributed by atoms with Crippen molar-refractivity contribution in [1.82, 2.24) is 14.5 Å². The van der Waals surface area contributed by atoms with Crippen molar-refractivity contribution in [1.29, 1.82) is 0 Å². The first-order valence-corrected chi connectivity index (χ1v) is 10.7. The molecule has 10 heteroatoms. The smallest absolute Gasteiger partial charge is 0.406 e. The topological polar surface area (TPSA) is 86.1 Å². The lowest BCUT2D eigenvalue weighted by Crippen LogP contribution is -2.17. The molecule has 0 aliphatic carbocycles. The fraction of sp³-hybridized carbons (Fsp3) is 0.200. The Balaban J connectivity index is 1.48. The summed E-state index contributed by atoms with van der Waals surface area (Å²) >= 11 is 0. The molecule has 0 fully saturated rings. The number of fused-ring (bicyclic) bond motifs is 1. The Morgan fingerprint density at radius 1 is 1.09 bits per heavy atom. The summed E-state index contributed by atoms with van der Waals surface area (Å²) in [4.78, 5) is 34.0. The zero-order valence-electron chi connectivity index (χ0n) is 18.8. The van der Waals surface area contributed by atoms with Gasteiger partial charge in [-0.05, 0) is 49.7 Å². The predicted molar refractivity (Wildman–Crippen MR) is 123 cm³/mol. The molecule has 0 unspecified atom stereocenters. The molecular formula is C25H21F3N4O3. The molecule has 4 rings (SSSR count). The van der Waals surface area contributed by atoms with Gasteiger partial charge in [-0.15, -0.1) is 13.2 Å². The summed E-state index contributed by atoms with van der Waals surface area (Å²) in [5.74, 6) is -0.861. The van der Waals surface area contributed by atoms with E-state index in [1.165, 1.54) is 24.4 Å². The molecule has 0 saturated carbocycles. The molecule has 0 aliphatic heterocycles. The molecule has 1 amide bonds. The van der Waals surface area contributed by atoms with Crippen LogP contribution in [0, 0.1) is 0 Å². The van der Waals surface area contributed by atoms with Crippen LogP contribution in [-0.2, 0) is 11.2 Å². The van der Waals surface area contributed by atoms with E-state index in [2.05, 4.69) is 20.0 Å². The predicted octanol–water partition coefficient (Wildman–Crippen LogP) is 5.32. The number of carbonyl (C=O) groups is 2. The third kappa shape index (κ3) is 5.65. The molecule has 35 heavy (non-hydrogen) atoms. The molecule has 0 spiro atoms. The monoisotopic (exact) mass is 482 g/mol. The molecule has 3 heterocycles. The van der Waals surface area contributed by atoms with Gasteiger partial charge in [0.1, 0.15) is 11.6 Å². The van der Waals surface area contributed by atoms with Gasteiger partial charge < -0.3 is 14.6 Å². The normalized spacial score (nSPS) is 11.6. The summed E-state index contributed by atoms with van der Waals surface area (Å²) in [5.41, 5.74) is 2.22. The lowest BCUT2D eigenvalue weighted by Gasteiger charge is -2.09. The van der Waals surface area contributed by atoms with Crippen molar-refractivity contribution in [2.24, 2.45) is 0 Å². The lowest BCUT2D eigenvalue weighted by atomic mass is 10.0. The van der Waals surface area contributed by atoms with Gasteiger partial charge in [0, 0.05) is 47.3 Å². The number of amides is 1. The molecule has 0 bridgehead atoms. The third-order valence-corrected chi connectivity index (χ3v) is 5.25. The number of hydrogen-bond donors (Lipinski definition) is 1. The number of carbonyl (C=O) groups excluding carboxylic acids is 2. The van der Waals surface area contributed by atoms with Crippen molar-refractivity contribution in [3.8, 4) is 5.75 Å². The van der Waals surface area contributed by atoms with Gasteiger partial charge in [-0.3, -0.25) is 14.6 Å². The Bertz CT molecular complexity index is 1380. The average Bonchev–Trinajstić information content (AvgIpc) is 3.19. The molecule has 7 nitrogen and oxygen atoms in total. The van der Waals surface area contributed by atoms with E-state index in [1.807, 2.05) is 24.5 Å². The summed E-state index contributed by atoms with van der Waals surface area (Å²) in [7, 11) is 0. The molecular weight excluding hydrogens is 461 g/mol. The maximum absolute atomic E-state index is 13.3. The number of pyridine rings is 2. The van der Waals surface area contributed by atoms with Crippen molar-refractivity contribution in [3.63, 3.8) is 0 Å². The number of halogens is 3. The van der Waals surface area contributed by atoms with Crippen molar-refractivity contribution in [2.45, 2.75) is 32.7 Å². The quantitative estimate of drug-likeness (QED) is 0.360. The minimum absolute atomic E-state index is 0.0975. The fourth-order valence-electron chi connectivity index (χ4n) is 3.68. The van der Waals surface area contributed by atoms with Crippen LogP contribution in [0.25, 0.3) is 10.9 Å². The second-order valence-corrected chi connectivity index (χ2v) is 8.11. The van der Waals surface area contributed by atoms with Gasteiger partial charge >= 0.3 is 6.36 Å². The molecule has 0 saturated heterocycles. The average molecular weight is 482 g/mol. The zero-order chi connectivity index (χ0) is 25.2. The third-order valence-electron chi connectivity index (χ3n) is 5.25. The molecule has 0 aliphatic rings. The molecule has 0 radical (unpaired) electrons. The summed E-state index contributed by atoms with van der Waals surface area (Å²) in [5, 5.41) is 3.35. The maximum Gasteiger partial charge on any atom is 0.573 e. The highest BCUT2D eigenvalue weighted by molar-refractivity contribution is 6.16. The van der Waals surface area contributed by atoms with Gasteiger partial charge in [0.05, 0.1) is 11.9 Å². The van der Waals surface area contributed by atoms with Crippen molar-refractivity contribution >= 4 is 28.4 Å². The van der Waals surface area contributed by atoms with E-state index < -0.39 is 12.3 Å². The van der Waals surface area contributed by atoms with Crippen molar-refractivity contribution in [3.05, 3.63) is 83.9 Å². The van der Waals surface area contributed by atoms with Crippen LogP contribution in [0.3, 0.4) is 0 Å². The Morgan fingerprint density at radius 3 is 2.51 bits per heavy atom. The van der Waals surface area contributed by atoms with Crippen LogP contribution in [0.4, 0.5) is 19.0 Å². The molecule has 1 N–H and O–H groups in total. The number of aromatic nitrogens is 3. The zero-order valence-corrected chi connectivity index (χ0v) is 18.8. The first-order chi connectivity index (χ1) is 16.6. The van der Waals surface area contributed by atoms with Gasteiger partial charge in [-0.1, -0.05) is 12.1 Å². The van der Waals surface area contributed by atoms with E-state index in [9.17, 15) is 22.8 Å². The van der Waals surface area contributed by atoms with Crippen LogP contribution in [-0.4, -0.2) is 32.6 Å². The number of nitrogens with zero attached hydrogens (tertiary/aromatic N) is 3. The Morgan fingerprint density at radius 2 is 1.83 bits per heavy atom. The maximum atomic E-state index is 13.3. The highest BCUT2D eigenvalue weighted by atomic mass is 19.4. The van der Waals surface area contributed by atoms with E-state index >= 15 is 0 Å². The minimum Gasteiger partial charge on any atom is -0.406 e. The summed E-state index contributed by atoms with van der Waals surface area (Å²) in [6.07, 6.45) is 1.66. The van der Waals surface area contributed by atoms with Crippen LogP contribution < -0.4 is 10.1 Å². The minimum atomic E-state index is -4.78. The summed E-state index contributed by atoms with van der Waals surface area (Å²) < 4.78 is 42.7. The molecule has 1 aromatic carbocycles. The number of anilines is 1. The second-order valence-electron chi connectivity index (χ2n) is 8.11. The lowest BCUT2D eigenvalue weighted by molar-refractivity contribution is -0.274. The van der Waals surface area contributed by atoms with E-state index in [1.54, 1.807) is 24.7 Å². The van der Waals surface area contributed by atoms with E-state index in [0.717, 1.165) is 23.0 Å². The highest BCUT2D eigenvalue weighted by Gasteiger charge is 2.31. The van der Waals surface area contributed by atoms with Crippen LogP contribution in [0.1, 0.15) is 41.4 Å². The van der Waals surface area contributed by atoms with Crippen molar-refractivity contribution < 1.29 is 27.5 Å². The SMILES string of the molecule is CC(C)n1cc(C(=O)c2ccnc(NC(=O)Cc3ccc(OC(F)(F)F)cc3)c2)c2cnccc21. The van der Waals surface area contributed by atoms with Crippen LogP contribution in [0.15, 0.2) is 67.3 Å².